The number of benzene rings is 2. The number of oxime groups is 1. The van der Waals surface area contributed by atoms with Crippen LogP contribution in [0, 0.1) is 0 Å². The number of hydrogen-bond acceptors (Lipinski definition) is 2. The molecule has 1 unspecified atom stereocenters. The fourth-order valence-corrected chi connectivity index (χ4v) is 2.22. The average molecular weight is 274 g/mol. The molecule has 2 aromatic carbocycles. The Labute approximate surface area is 119 Å². The third kappa shape index (κ3) is 3.36. The lowest BCUT2D eigenvalue weighted by Crippen LogP contribution is -2.11. The molecule has 0 fully saturated rings. The molecule has 0 aromatic heterocycles. The molecule has 3 rings (SSSR count). The van der Waals surface area contributed by atoms with Crippen LogP contribution in [0.15, 0.2) is 65.8 Å². The molecule has 19 heavy (non-hydrogen) atoms. The standard InChI is InChI=1S/C16H15NO.ClH/c1-3-7-13(8-4-1)11-15-12-16(17-18-15)14-9-5-2-6-10-14;/h1-10,15H,11-12H2;1H. The lowest BCUT2D eigenvalue weighted by Gasteiger charge is -2.07. The molecule has 1 heterocycles. The van der Waals surface area contributed by atoms with E-state index in [0.717, 1.165) is 24.1 Å². The molecule has 1 aliphatic rings. The summed E-state index contributed by atoms with van der Waals surface area (Å²) >= 11 is 0. The maximum atomic E-state index is 5.51. The molecule has 0 bridgehead atoms. The molecule has 0 radical (unpaired) electrons. The smallest absolute Gasteiger partial charge is 0.137 e. The summed E-state index contributed by atoms with van der Waals surface area (Å²) in [6.07, 6.45) is 1.97. The molecular weight excluding hydrogens is 258 g/mol. The second kappa shape index (κ2) is 6.39. The van der Waals surface area contributed by atoms with Crippen molar-refractivity contribution in [2.75, 3.05) is 0 Å². The Kier molecular flexibility index (Phi) is 4.58. The van der Waals surface area contributed by atoms with Gasteiger partial charge in [-0.3, -0.25) is 0 Å². The van der Waals surface area contributed by atoms with Crippen LogP contribution >= 0.6 is 12.4 Å². The van der Waals surface area contributed by atoms with Crippen LogP contribution in [0.4, 0.5) is 0 Å². The summed E-state index contributed by atoms with van der Waals surface area (Å²) in [5, 5.41) is 4.20. The van der Waals surface area contributed by atoms with E-state index in [1.54, 1.807) is 0 Å². The molecule has 1 atom stereocenters. The number of hydrogen-bond donors (Lipinski definition) is 0. The quantitative estimate of drug-likeness (QED) is 0.832. The van der Waals surface area contributed by atoms with Gasteiger partial charge in [-0.15, -0.1) is 12.4 Å². The van der Waals surface area contributed by atoms with Crippen molar-refractivity contribution in [2.45, 2.75) is 18.9 Å². The maximum Gasteiger partial charge on any atom is 0.137 e. The van der Waals surface area contributed by atoms with Gasteiger partial charge in [0.2, 0.25) is 0 Å². The highest BCUT2D eigenvalue weighted by molar-refractivity contribution is 6.01. The molecule has 0 saturated heterocycles. The summed E-state index contributed by atoms with van der Waals surface area (Å²) in [6.45, 7) is 0. The molecule has 0 saturated carbocycles. The highest BCUT2D eigenvalue weighted by Crippen LogP contribution is 2.19. The summed E-state index contributed by atoms with van der Waals surface area (Å²) in [6, 6.07) is 20.6. The highest BCUT2D eigenvalue weighted by atomic mass is 35.5. The van der Waals surface area contributed by atoms with Gasteiger partial charge in [0.1, 0.15) is 6.10 Å². The van der Waals surface area contributed by atoms with Crippen LogP contribution in [0.5, 0.6) is 0 Å². The van der Waals surface area contributed by atoms with Crippen molar-refractivity contribution in [1.29, 1.82) is 0 Å². The first kappa shape index (κ1) is 13.6. The van der Waals surface area contributed by atoms with E-state index < -0.39 is 0 Å². The molecule has 0 aliphatic carbocycles. The van der Waals surface area contributed by atoms with Gasteiger partial charge in [0, 0.05) is 12.8 Å². The van der Waals surface area contributed by atoms with Crippen molar-refractivity contribution in [3.8, 4) is 0 Å². The first-order valence-corrected chi connectivity index (χ1v) is 6.24. The SMILES string of the molecule is Cl.c1ccc(CC2CC(c3ccccc3)=NO2)cc1. The minimum atomic E-state index is 0. The Morgan fingerprint density at radius 1 is 0.947 bits per heavy atom. The fourth-order valence-electron chi connectivity index (χ4n) is 2.22. The second-order valence-corrected chi connectivity index (χ2v) is 4.53. The van der Waals surface area contributed by atoms with Gasteiger partial charge in [-0.25, -0.2) is 0 Å². The van der Waals surface area contributed by atoms with Gasteiger partial charge >= 0.3 is 0 Å². The van der Waals surface area contributed by atoms with Crippen LogP contribution < -0.4 is 0 Å². The Hall–Kier alpha value is -1.80. The van der Waals surface area contributed by atoms with Crippen LogP contribution in [0.1, 0.15) is 17.5 Å². The van der Waals surface area contributed by atoms with Crippen LogP contribution in [0.3, 0.4) is 0 Å². The second-order valence-electron chi connectivity index (χ2n) is 4.53. The van der Waals surface area contributed by atoms with Gasteiger partial charge in [-0.05, 0) is 11.1 Å². The number of rotatable bonds is 3. The molecule has 0 spiro atoms. The molecule has 3 heteroatoms. The van der Waals surface area contributed by atoms with Crippen molar-refractivity contribution in [3.63, 3.8) is 0 Å². The largest absolute Gasteiger partial charge is 0.391 e. The van der Waals surface area contributed by atoms with E-state index in [1.807, 2.05) is 24.3 Å². The molecule has 98 valence electrons. The third-order valence-corrected chi connectivity index (χ3v) is 3.15. The summed E-state index contributed by atoms with van der Waals surface area (Å²) in [7, 11) is 0. The predicted molar refractivity (Wildman–Crippen MR) is 79.9 cm³/mol. The minimum absolute atomic E-state index is 0. The van der Waals surface area contributed by atoms with Crippen molar-refractivity contribution in [2.24, 2.45) is 5.16 Å². The van der Waals surface area contributed by atoms with E-state index >= 15 is 0 Å². The van der Waals surface area contributed by atoms with Gasteiger partial charge in [-0.2, -0.15) is 0 Å². The average Bonchev–Trinajstić information content (AvgIpc) is 2.89. The van der Waals surface area contributed by atoms with Crippen LogP contribution in [0.25, 0.3) is 0 Å². The summed E-state index contributed by atoms with van der Waals surface area (Å²) in [5.41, 5.74) is 3.51. The molecule has 0 N–H and O–H groups in total. The van der Waals surface area contributed by atoms with Crippen molar-refractivity contribution >= 4 is 18.1 Å². The zero-order chi connectivity index (χ0) is 12.2. The van der Waals surface area contributed by atoms with E-state index in [9.17, 15) is 0 Å². The van der Waals surface area contributed by atoms with Crippen LogP contribution in [-0.2, 0) is 11.3 Å². The molecule has 1 aliphatic heterocycles. The van der Waals surface area contributed by atoms with Gasteiger partial charge in [0.05, 0.1) is 5.71 Å². The van der Waals surface area contributed by atoms with Gasteiger partial charge in [0.15, 0.2) is 0 Å². The number of halogens is 1. The summed E-state index contributed by atoms with van der Waals surface area (Å²) < 4.78 is 0. The van der Waals surface area contributed by atoms with E-state index in [0.29, 0.717) is 0 Å². The third-order valence-electron chi connectivity index (χ3n) is 3.15. The van der Waals surface area contributed by atoms with Gasteiger partial charge < -0.3 is 4.84 Å². The Morgan fingerprint density at radius 3 is 2.26 bits per heavy atom. The zero-order valence-corrected chi connectivity index (χ0v) is 11.3. The Bertz CT molecular complexity index is 539. The first-order chi connectivity index (χ1) is 8.92. The summed E-state index contributed by atoms with van der Waals surface area (Å²) in [5.74, 6) is 0. The minimum Gasteiger partial charge on any atom is -0.391 e. The normalized spacial score (nSPS) is 17.3. The maximum absolute atomic E-state index is 5.51. The van der Waals surface area contributed by atoms with Gasteiger partial charge in [0.25, 0.3) is 0 Å². The van der Waals surface area contributed by atoms with E-state index in [1.165, 1.54) is 5.56 Å². The van der Waals surface area contributed by atoms with Crippen LogP contribution in [-0.4, -0.2) is 11.8 Å². The number of nitrogens with zero attached hydrogens (tertiary/aromatic N) is 1. The molecule has 2 aromatic rings. The Morgan fingerprint density at radius 2 is 1.58 bits per heavy atom. The van der Waals surface area contributed by atoms with Crippen LogP contribution in [0.2, 0.25) is 0 Å². The first-order valence-electron chi connectivity index (χ1n) is 6.24. The molecular formula is C16H16ClNO. The Balaban J connectivity index is 0.00000133. The van der Waals surface area contributed by atoms with E-state index in [2.05, 4.69) is 41.6 Å². The molecule has 0 amide bonds. The van der Waals surface area contributed by atoms with Crippen molar-refractivity contribution in [3.05, 3.63) is 71.8 Å². The lowest BCUT2D eigenvalue weighted by molar-refractivity contribution is 0.0859. The lowest BCUT2D eigenvalue weighted by atomic mass is 10.0. The zero-order valence-electron chi connectivity index (χ0n) is 10.5. The van der Waals surface area contributed by atoms with Gasteiger partial charge in [-0.1, -0.05) is 65.8 Å². The van der Waals surface area contributed by atoms with E-state index in [4.69, 9.17) is 4.84 Å². The predicted octanol–water partition coefficient (Wildman–Crippen LogP) is 3.84. The summed E-state index contributed by atoms with van der Waals surface area (Å²) in [4.78, 5) is 5.51. The molecule has 2 nitrogen and oxygen atoms in total. The van der Waals surface area contributed by atoms with E-state index in [-0.39, 0.29) is 18.5 Å². The van der Waals surface area contributed by atoms with Crippen molar-refractivity contribution < 1.29 is 4.84 Å². The topological polar surface area (TPSA) is 21.6 Å². The highest BCUT2D eigenvalue weighted by Gasteiger charge is 2.22. The monoisotopic (exact) mass is 273 g/mol. The fraction of sp³-hybridized carbons (Fsp3) is 0.188. The van der Waals surface area contributed by atoms with Crippen molar-refractivity contribution in [1.82, 2.24) is 0 Å².